The van der Waals surface area contributed by atoms with Crippen molar-refractivity contribution >= 4 is 11.6 Å². The smallest absolute Gasteiger partial charge is 0.218 e. The van der Waals surface area contributed by atoms with E-state index in [9.17, 15) is 4.39 Å². The van der Waals surface area contributed by atoms with Crippen molar-refractivity contribution in [2.45, 2.75) is 13.1 Å². The number of anilines is 2. The SMILES string of the molecule is Fc1ccc(CNc2ccc(CNc3ncn[nH]3)cc2)cc1. The molecule has 0 bridgehead atoms. The highest BCUT2D eigenvalue weighted by Gasteiger charge is 1.98. The van der Waals surface area contributed by atoms with E-state index in [-0.39, 0.29) is 5.82 Å². The Morgan fingerprint density at radius 3 is 2.14 bits per heavy atom. The summed E-state index contributed by atoms with van der Waals surface area (Å²) < 4.78 is 12.8. The predicted octanol–water partition coefficient (Wildman–Crippen LogP) is 3.17. The standard InChI is InChI=1S/C16H16FN5/c17-14-5-1-12(2-6-14)9-18-15-7-3-13(4-8-15)10-19-16-20-11-21-22-16/h1-8,11,18H,9-10H2,(H2,19,20,21,22). The van der Waals surface area contributed by atoms with E-state index in [4.69, 9.17) is 0 Å². The number of hydrogen-bond donors (Lipinski definition) is 3. The molecular weight excluding hydrogens is 281 g/mol. The third kappa shape index (κ3) is 3.82. The maximum absolute atomic E-state index is 12.8. The Balaban J connectivity index is 1.51. The molecule has 6 heteroatoms. The first-order chi connectivity index (χ1) is 10.8. The summed E-state index contributed by atoms with van der Waals surface area (Å²) in [5.41, 5.74) is 3.20. The number of aromatic amines is 1. The lowest BCUT2D eigenvalue weighted by Gasteiger charge is -2.08. The molecule has 1 aromatic heterocycles. The van der Waals surface area contributed by atoms with Gasteiger partial charge in [-0.15, -0.1) is 0 Å². The first-order valence-corrected chi connectivity index (χ1v) is 6.96. The van der Waals surface area contributed by atoms with Crippen LogP contribution < -0.4 is 10.6 Å². The van der Waals surface area contributed by atoms with Gasteiger partial charge in [-0.25, -0.2) is 14.5 Å². The van der Waals surface area contributed by atoms with Crippen LogP contribution >= 0.6 is 0 Å². The predicted molar refractivity (Wildman–Crippen MR) is 83.9 cm³/mol. The van der Waals surface area contributed by atoms with Crippen molar-refractivity contribution in [3.05, 3.63) is 71.8 Å². The molecule has 0 saturated heterocycles. The molecule has 0 spiro atoms. The molecule has 5 nitrogen and oxygen atoms in total. The third-order valence-electron chi connectivity index (χ3n) is 3.24. The van der Waals surface area contributed by atoms with E-state index in [2.05, 4.69) is 25.8 Å². The second kappa shape index (κ2) is 6.71. The molecule has 0 aliphatic rings. The molecule has 0 saturated carbocycles. The Bertz CT molecular complexity index is 692. The van der Waals surface area contributed by atoms with Gasteiger partial charge in [0, 0.05) is 18.8 Å². The van der Waals surface area contributed by atoms with Gasteiger partial charge >= 0.3 is 0 Å². The van der Waals surface area contributed by atoms with Gasteiger partial charge in [-0.05, 0) is 35.4 Å². The Labute approximate surface area is 127 Å². The van der Waals surface area contributed by atoms with Gasteiger partial charge < -0.3 is 10.6 Å². The van der Waals surface area contributed by atoms with Crippen LogP contribution in [0.3, 0.4) is 0 Å². The van der Waals surface area contributed by atoms with Gasteiger partial charge in [-0.1, -0.05) is 24.3 Å². The summed E-state index contributed by atoms with van der Waals surface area (Å²) in [6.45, 7) is 1.34. The minimum atomic E-state index is -0.215. The molecule has 3 N–H and O–H groups in total. The van der Waals surface area contributed by atoms with E-state index < -0.39 is 0 Å². The van der Waals surface area contributed by atoms with Gasteiger partial charge in [0.05, 0.1) is 0 Å². The monoisotopic (exact) mass is 297 g/mol. The summed E-state index contributed by atoms with van der Waals surface area (Å²) in [6.07, 6.45) is 1.46. The maximum atomic E-state index is 12.8. The number of H-pyrrole nitrogens is 1. The fraction of sp³-hybridized carbons (Fsp3) is 0.125. The highest BCUT2D eigenvalue weighted by Crippen LogP contribution is 2.12. The van der Waals surface area contributed by atoms with Crippen LogP contribution in [0.5, 0.6) is 0 Å². The average molecular weight is 297 g/mol. The lowest BCUT2D eigenvalue weighted by molar-refractivity contribution is 0.627. The summed E-state index contributed by atoms with van der Waals surface area (Å²) >= 11 is 0. The van der Waals surface area contributed by atoms with E-state index in [1.807, 2.05) is 24.3 Å². The Morgan fingerprint density at radius 2 is 1.50 bits per heavy atom. The first kappa shape index (κ1) is 14.1. The summed E-state index contributed by atoms with van der Waals surface area (Å²) in [7, 11) is 0. The molecule has 0 fully saturated rings. The van der Waals surface area contributed by atoms with Crippen LogP contribution in [0.25, 0.3) is 0 Å². The molecule has 0 unspecified atom stereocenters. The Morgan fingerprint density at radius 1 is 0.864 bits per heavy atom. The zero-order valence-corrected chi connectivity index (χ0v) is 11.9. The molecule has 3 aromatic rings. The number of halogens is 1. The maximum Gasteiger partial charge on any atom is 0.218 e. The number of aromatic nitrogens is 3. The summed E-state index contributed by atoms with van der Waals surface area (Å²) in [5, 5.41) is 13.0. The first-order valence-electron chi connectivity index (χ1n) is 6.96. The molecule has 3 rings (SSSR count). The number of nitrogens with zero attached hydrogens (tertiary/aromatic N) is 2. The molecule has 112 valence electrons. The molecule has 0 atom stereocenters. The largest absolute Gasteiger partial charge is 0.381 e. The van der Waals surface area contributed by atoms with Crippen molar-refractivity contribution < 1.29 is 4.39 Å². The number of rotatable bonds is 6. The lowest BCUT2D eigenvalue weighted by Crippen LogP contribution is -2.02. The van der Waals surface area contributed by atoms with Crippen molar-refractivity contribution in [3.63, 3.8) is 0 Å². The normalized spacial score (nSPS) is 10.4. The molecule has 2 aromatic carbocycles. The van der Waals surface area contributed by atoms with Crippen LogP contribution in [-0.4, -0.2) is 15.2 Å². The van der Waals surface area contributed by atoms with Crippen LogP contribution in [0.2, 0.25) is 0 Å². The zero-order chi connectivity index (χ0) is 15.2. The van der Waals surface area contributed by atoms with Gasteiger partial charge in [-0.2, -0.15) is 5.10 Å². The summed E-state index contributed by atoms with van der Waals surface area (Å²) in [4.78, 5) is 4.00. The van der Waals surface area contributed by atoms with Crippen molar-refractivity contribution in [1.29, 1.82) is 0 Å². The quantitative estimate of drug-likeness (QED) is 0.654. The van der Waals surface area contributed by atoms with Gasteiger partial charge in [0.25, 0.3) is 0 Å². The van der Waals surface area contributed by atoms with E-state index in [1.54, 1.807) is 12.1 Å². The van der Waals surface area contributed by atoms with E-state index in [0.29, 0.717) is 19.0 Å². The summed E-state index contributed by atoms with van der Waals surface area (Å²) in [5.74, 6) is 0.436. The molecule has 0 aliphatic heterocycles. The highest BCUT2D eigenvalue weighted by molar-refractivity contribution is 5.45. The zero-order valence-electron chi connectivity index (χ0n) is 11.9. The molecule has 0 radical (unpaired) electrons. The van der Waals surface area contributed by atoms with Crippen LogP contribution in [0.1, 0.15) is 11.1 Å². The highest BCUT2D eigenvalue weighted by atomic mass is 19.1. The number of hydrogen-bond acceptors (Lipinski definition) is 4. The second-order valence-electron chi connectivity index (χ2n) is 4.86. The van der Waals surface area contributed by atoms with Crippen molar-refractivity contribution in [1.82, 2.24) is 15.2 Å². The van der Waals surface area contributed by atoms with Gasteiger partial charge in [0.2, 0.25) is 5.95 Å². The summed E-state index contributed by atoms with van der Waals surface area (Å²) in [6, 6.07) is 14.6. The third-order valence-corrected chi connectivity index (χ3v) is 3.24. The fourth-order valence-electron chi connectivity index (χ4n) is 2.02. The van der Waals surface area contributed by atoms with Crippen LogP contribution in [0.15, 0.2) is 54.9 Å². The van der Waals surface area contributed by atoms with E-state index >= 15 is 0 Å². The van der Waals surface area contributed by atoms with Gasteiger partial charge in [-0.3, -0.25) is 0 Å². The van der Waals surface area contributed by atoms with Crippen LogP contribution in [-0.2, 0) is 13.1 Å². The van der Waals surface area contributed by atoms with Crippen LogP contribution in [0.4, 0.5) is 16.0 Å². The van der Waals surface area contributed by atoms with Crippen molar-refractivity contribution in [3.8, 4) is 0 Å². The second-order valence-corrected chi connectivity index (χ2v) is 4.86. The lowest BCUT2D eigenvalue weighted by atomic mass is 10.2. The van der Waals surface area contributed by atoms with Crippen molar-refractivity contribution in [2.75, 3.05) is 10.6 Å². The number of benzene rings is 2. The fourth-order valence-corrected chi connectivity index (χ4v) is 2.02. The number of nitrogens with one attached hydrogen (secondary N) is 3. The average Bonchev–Trinajstić information content (AvgIpc) is 3.07. The Hall–Kier alpha value is -2.89. The van der Waals surface area contributed by atoms with E-state index in [0.717, 1.165) is 16.8 Å². The minimum absolute atomic E-state index is 0.215. The topological polar surface area (TPSA) is 65.6 Å². The molecular formula is C16H16FN5. The van der Waals surface area contributed by atoms with E-state index in [1.165, 1.54) is 18.5 Å². The Kier molecular flexibility index (Phi) is 4.29. The minimum Gasteiger partial charge on any atom is -0.381 e. The molecule has 22 heavy (non-hydrogen) atoms. The molecule has 0 amide bonds. The van der Waals surface area contributed by atoms with Gasteiger partial charge in [0.15, 0.2) is 0 Å². The van der Waals surface area contributed by atoms with Gasteiger partial charge in [0.1, 0.15) is 12.1 Å². The molecule has 0 aliphatic carbocycles. The van der Waals surface area contributed by atoms with Crippen LogP contribution in [0, 0.1) is 5.82 Å². The van der Waals surface area contributed by atoms with Crippen molar-refractivity contribution in [2.24, 2.45) is 0 Å². The molecule has 1 heterocycles.